The molecule has 0 aliphatic carbocycles. The van der Waals surface area contributed by atoms with Gasteiger partial charge in [-0.2, -0.15) is 5.26 Å². The molecule has 0 aromatic carbocycles. The summed E-state index contributed by atoms with van der Waals surface area (Å²) in [5, 5.41) is 12.0. The van der Waals surface area contributed by atoms with Gasteiger partial charge in [0.15, 0.2) is 0 Å². The fourth-order valence-electron chi connectivity index (χ4n) is 1.54. The second-order valence-corrected chi connectivity index (χ2v) is 4.75. The molecule has 0 amide bonds. The molecule has 0 radical (unpaired) electrons. The number of hydrogen-bond donors (Lipinski definition) is 0. The third-order valence-corrected chi connectivity index (χ3v) is 3.48. The first-order chi connectivity index (χ1) is 8.33. The zero-order valence-corrected chi connectivity index (χ0v) is 10.4. The second kappa shape index (κ2) is 5.55. The molecular formula is C13H13N3S. The summed E-state index contributed by atoms with van der Waals surface area (Å²) < 4.78 is 0. The van der Waals surface area contributed by atoms with Crippen molar-refractivity contribution in [3.8, 4) is 17.3 Å². The van der Waals surface area contributed by atoms with Crippen molar-refractivity contribution in [1.82, 2.24) is 9.97 Å². The standard InChI is InChI=1S/C13H13N3S/c1-2-10(7-14)6-13-16-12(9-17-13)11-4-3-5-15-8-11/h3-5,8-10H,2,6H2,1H3. The van der Waals surface area contributed by atoms with E-state index < -0.39 is 0 Å². The predicted molar refractivity (Wildman–Crippen MR) is 68.4 cm³/mol. The van der Waals surface area contributed by atoms with E-state index in [2.05, 4.69) is 16.0 Å². The van der Waals surface area contributed by atoms with Crippen molar-refractivity contribution in [2.75, 3.05) is 0 Å². The third-order valence-electron chi connectivity index (χ3n) is 2.61. The van der Waals surface area contributed by atoms with E-state index in [4.69, 9.17) is 5.26 Å². The summed E-state index contributed by atoms with van der Waals surface area (Å²) in [6.45, 7) is 2.03. The van der Waals surface area contributed by atoms with Gasteiger partial charge in [0, 0.05) is 29.8 Å². The molecule has 0 saturated heterocycles. The van der Waals surface area contributed by atoms with Gasteiger partial charge in [0.25, 0.3) is 0 Å². The highest BCUT2D eigenvalue weighted by Crippen LogP contribution is 2.23. The minimum absolute atomic E-state index is 0.0721. The summed E-state index contributed by atoms with van der Waals surface area (Å²) >= 11 is 1.61. The summed E-state index contributed by atoms with van der Waals surface area (Å²) in [5.74, 6) is 0.0721. The maximum atomic E-state index is 8.93. The monoisotopic (exact) mass is 243 g/mol. The van der Waals surface area contributed by atoms with Crippen LogP contribution < -0.4 is 0 Å². The van der Waals surface area contributed by atoms with Crippen LogP contribution >= 0.6 is 11.3 Å². The Morgan fingerprint density at radius 3 is 3.06 bits per heavy atom. The van der Waals surface area contributed by atoms with Crippen molar-refractivity contribution < 1.29 is 0 Å². The van der Waals surface area contributed by atoms with Gasteiger partial charge in [0.2, 0.25) is 0 Å². The van der Waals surface area contributed by atoms with Crippen molar-refractivity contribution in [1.29, 1.82) is 5.26 Å². The van der Waals surface area contributed by atoms with Crippen LogP contribution in [0.25, 0.3) is 11.3 Å². The number of nitriles is 1. The largest absolute Gasteiger partial charge is 0.264 e. The van der Waals surface area contributed by atoms with Crippen molar-refractivity contribution in [3.05, 3.63) is 34.9 Å². The van der Waals surface area contributed by atoms with Crippen molar-refractivity contribution in [2.45, 2.75) is 19.8 Å². The molecule has 86 valence electrons. The van der Waals surface area contributed by atoms with E-state index >= 15 is 0 Å². The van der Waals surface area contributed by atoms with E-state index in [-0.39, 0.29) is 5.92 Å². The maximum Gasteiger partial charge on any atom is 0.0945 e. The Labute approximate surface area is 105 Å². The van der Waals surface area contributed by atoms with Gasteiger partial charge < -0.3 is 0 Å². The van der Waals surface area contributed by atoms with Crippen molar-refractivity contribution in [2.24, 2.45) is 5.92 Å². The summed E-state index contributed by atoms with van der Waals surface area (Å²) in [5.41, 5.74) is 1.98. The molecule has 0 aliphatic heterocycles. The Bertz CT molecular complexity index is 513. The number of nitrogens with zero attached hydrogens (tertiary/aromatic N) is 3. The molecule has 0 N–H and O–H groups in total. The van der Waals surface area contributed by atoms with E-state index in [9.17, 15) is 0 Å². The highest BCUT2D eigenvalue weighted by molar-refractivity contribution is 7.09. The Kier molecular flexibility index (Phi) is 3.84. The lowest BCUT2D eigenvalue weighted by atomic mass is 10.1. The van der Waals surface area contributed by atoms with Crippen molar-refractivity contribution in [3.63, 3.8) is 0 Å². The first-order valence-corrected chi connectivity index (χ1v) is 6.46. The number of hydrogen-bond acceptors (Lipinski definition) is 4. The van der Waals surface area contributed by atoms with Crippen LogP contribution in [0.5, 0.6) is 0 Å². The second-order valence-electron chi connectivity index (χ2n) is 3.81. The smallest absolute Gasteiger partial charge is 0.0945 e. The van der Waals surface area contributed by atoms with Gasteiger partial charge in [0.1, 0.15) is 0 Å². The quantitative estimate of drug-likeness (QED) is 0.827. The Morgan fingerprint density at radius 2 is 2.41 bits per heavy atom. The molecule has 4 heteroatoms. The van der Waals surface area contributed by atoms with Crippen LogP contribution in [0.2, 0.25) is 0 Å². The summed E-state index contributed by atoms with van der Waals surface area (Å²) in [4.78, 5) is 8.62. The molecule has 0 bridgehead atoms. The average molecular weight is 243 g/mol. The highest BCUT2D eigenvalue weighted by atomic mass is 32.1. The van der Waals surface area contributed by atoms with Gasteiger partial charge in [-0.05, 0) is 18.6 Å². The van der Waals surface area contributed by atoms with E-state index in [0.29, 0.717) is 0 Å². The van der Waals surface area contributed by atoms with Crippen LogP contribution in [-0.4, -0.2) is 9.97 Å². The lowest BCUT2D eigenvalue weighted by Crippen LogP contribution is -1.99. The van der Waals surface area contributed by atoms with E-state index in [1.54, 1.807) is 23.7 Å². The molecule has 2 heterocycles. The molecule has 0 fully saturated rings. The van der Waals surface area contributed by atoms with Crippen molar-refractivity contribution >= 4 is 11.3 Å². The molecule has 17 heavy (non-hydrogen) atoms. The average Bonchev–Trinajstić information content (AvgIpc) is 2.85. The van der Waals surface area contributed by atoms with E-state index in [0.717, 1.165) is 29.1 Å². The van der Waals surface area contributed by atoms with E-state index in [1.807, 2.05) is 24.4 Å². The fourth-order valence-corrected chi connectivity index (χ4v) is 2.43. The van der Waals surface area contributed by atoms with Crippen LogP contribution in [-0.2, 0) is 6.42 Å². The van der Waals surface area contributed by atoms with Gasteiger partial charge >= 0.3 is 0 Å². The van der Waals surface area contributed by atoms with Crippen LogP contribution in [0, 0.1) is 17.2 Å². The number of pyridine rings is 1. The molecule has 0 spiro atoms. The lowest BCUT2D eigenvalue weighted by molar-refractivity contribution is 0.636. The molecule has 0 aliphatic rings. The van der Waals surface area contributed by atoms with Gasteiger partial charge in [-0.1, -0.05) is 6.92 Å². The summed E-state index contributed by atoms with van der Waals surface area (Å²) in [6.07, 6.45) is 5.18. The summed E-state index contributed by atoms with van der Waals surface area (Å²) in [6, 6.07) is 6.20. The number of aromatic nitrogens is 2. The first kappa shape index (κ1) is 11.7. The zero-order valence-electron chi connectivity index (χ0n) is 9.63. The first-order valence-electron chi connectivity index (χ1n) is 5.58. The van der Waals surface area contributed by atoms with Gasteiger partial charge in [-0.15, -0.1) is 11.3 Å². The fraction of sp³-hybridized carbons (Fsp3) is 0.308. The Balaban J connectivity index is 2.14. The number of thiazole rings is 1. The van der Waals surface area contributed by atoms with Gasteiger partial charge in [-0.3, -0.25) is 4.98 Å². The number of rotatable bonds is 4. The van der Waals surface area contributed by atoms with Crippen LogP contribution in [0.4, 0.5) is 0 Å². The zero-order chi connectivity index (χ0) is 12.1. The molecule has 1 atom stereocenters. The van der Waals surface area contributed by atoms with Crippen LogP contribution in [0.1, 0.15) is 18.4 Å². The molecular weight excluding hydrogens is 230 g/mol. The van der Waals surface area contributed by atoms with Gasteiger partial charge in [-0.25, -0.2) is 4.98 Å². The molecule has 2 aromatic heterocycles. The molecule has 1 unspecified atom stereocenters. The molecule has 0 saturated carbocycles. The van der Waals surface area contributed by atoms with Crippen LogP contribution in [0.15, 0.2) is 29.9 Å². The Morgan fingerprint density at radius 1 is 1.53 bits per heavy atom. The minimum Gasteiger partial charge on any atom is -0.264 e. The van der Waals surface area contributed by atoms with E-state index in [1.165, 1.54) is 0 Å². The third kappa shape index (κ3) is 2.89. The maximum absolute atomic E-state index is 8.93. The summed E-state index contributed by atoms with van der Waals surface area (Å²) in [7, 11) is 0. The topological polar surface area (TPSA) is 49.6 Å². The van der Waals surface area contributed by atoms with Crippen LogP contribution in [0.3, 0.4) is 0 Å². The SMILES string of the molecule is CCC(C#N)Cc1nc(-c2cccnc2)cs1. The lowest BCUT2D eigenvalue weighted by Gasteiger charge is -2.01. The minimum atomic E-state index is 0.0721. The Hall–Kier alpha value is -1.73. The van der Waals surface area contributed by atoms with Gasteiger partial charge in [0.05, 0.1) is 22.7 Å². The predicted octanol–water partition coefficient (Wildman–Crippen LogP) is 3.30. The molecule has 2 aromatic rings. The molecule has 2 rings (SSSR count). The molecule has 3 nitrogen and oxygen atoms in total. The highest BCUT2D eigenvalue weighted by Gasteiger charge is 2.10. The normalized spacial score (nSPS) is 12.0.